The molecule has 2 atom stereocenters. The summed E-state index contributed by atoms with van der Waals surface area (Å²) in [5.74, 6) is -1.74. The third-order valence-electron chi connectivity index (χ3n) is 4.57. The molecule has 2 aromatic heterocycles. The Labute approximate surface area is 132 Å². The van der Waals surface area contributed by atoms with E-state index in [2.05, 4.69) is 17.3 Å². The van der Waals surface area contributed by atoms with Crippen LogP contribution in [0.3, 0.4) is 0 Å². The molecule has 1 fully saturated rings. The number of fused-ring (bicyclic) bond motifs is 1. The predicted octanol–water partition coefficient (Wildman–Crippen LogP) is 2.72. The largest absolute Gasteiger partial charge is 0.478 e. The molecule has 0 saturated heterocycles. The van der Waals surface area contributed by atoms with Gasteiger partial charge in [0, 0.05) is 6.04 Å². The van der Waals surface area contributed by atoms with Gasteiger partial charge in [-0.1, -0.05) is 19.8 Å². The number of nitrogens with one attached hydrogen (secondary N) is 1. The topological polar surface area (TPSA) is 104 Å². The lowest BCUT2D eigenvalue weighted by molar-refractivity contribution is 0.0683. The molecule has 2 aromatic rings. The van der Waals surface area contributed by atoms with Crippen LogP contribution in [0, 0.1) is 5.92 Å². The number of carbonyl (C=O) groups is 2. The van der Waals surface area contributed by atoms with Gasteiger partial charge in [0.2, 0.25) is 0 Å². The monoisotopic (exact) mass is 317 g/mol. The molecule has 0 spiro atoms. The van der Waals surface area contributed by atoms with Gasteiger partial charge in [-0.3, -0.25) is 0 Å². The second kappa shape index (κ2) is 5.91. The minimum atomic E-state index is -1.10. The molecule has 1 aliphatic rings. The smallest absolute Gasteiger partial charge is 0.354 e. The molecule has 1 saturated carbocycles. The van der Waals surface area contributed by atoms with Crippen molar-refractivity contribution in [2.45, 2.75) is 38.6 Å². The maximum absolute atomic E-state index is 11.5. The maximum atomic E-state index is 11.5. The van der Waals surface area contributed by atoms with E-state index in [4.69, 9.17) is 0 Å². The summed E-state index contributed by atoms with van der Waals surface area (Å²) in [6.45, 7) is 2.15. The summed E-state index contributed by atoms with van der Waals surface area (Å²) in [5, 5.41) is 26.0. The Hall–Kier alpha value is -2.57. The van der Waals surface area contributed by atoms with E-state index in [1.807, 2.05) is 0 Å². The van der Waals surface area contributed by atoms with Gasteiger partial charge in [0.05, 0.1) is 17.4 Å². The molecule has 2 unspecified atom stereocenters. The maximum Gasteiger partial charge on any atom is 0.354 e. The normalized spacial score (nSPS) is 21.3. The van der Waals surface area contributed by atoms with Crippen molar-refractivity contribution in [2.75, 3.05) is 5.32 Å². The third-order valence-corrected chi connectivity index (χ3v) is 4.57. The Bertz CT molecular complexity index is 768. The summed E-state index contributed by atoms with van der Waals surface area (Å²) < 4.78 is 1.27. The number of rotatable bonds is 4. The van der Waals surface area contributed by atoms with Gasteiger partial charge in [-0.25, -0.2) is 14.1 Å². The summed E-state index contributed by atoms with van der Waals surface area (Å²) in [4.78, 5) is 22.8. The molecular formula is C16H19N3O4. The zero-order valence-electron chi connectivity index (χ0n) is 12.8. The van der Waals surface area contributed by atoms with E-state index in [1.54, 1.807) is 6.07 Å². The summed E-state index contributed by atoms with van der Waals surface area (Å²) in [6, 6.07) is 3.21. The average Bonchev–Trinajstić information content (AvgIpc) is 2.94. The van der Waals surface area contributed by atoms with Crippen LogP contribution < -0.4 is 5.32 Å². The van der Waals surface area contributed by atoms with Gasteiger partial charge < -0.3 is 15.5 Å². The van der Waals surface area contributed by atoms with Crippen LogP contribution in [0.2, 0.25) is 0 Å². The lowest BCUT2D eigenvalue weighted by atomic mass is 9.85. The predicted molar refractivity (Wildman–Crippen MR) is 84.2 cm³/mol. The highest BCUT2D eigenvalue weighted by atomic mass is 16.4. The van der Waals surface area contributed by atoms with Crippen molar-refractivity contribution in [1.82, 2.24) is 9.61 Å². The molecule has 0 amide bonds. The summed E-state index contributed by atoms with van der Waals surface area (Å²) in [6.07, 6.45) is 5.57. The zero-order valence-corrected chi connectivity index (χ0v) is 12.8. The molecule has 23 heavy (non-hydrogen) atoms. The standard InChI is InChI=1S/C16H19N3O4/c1-9-4-2-3-5-11(9)18-14-10(15(20)21)8-17-19-12(14)6-7-13(19)16(22)23/h6-9,11,18H,2-5H2,1H3,(H,20,21)(H,22,23). The molecule has 0 aromatic carbocycles. The van der Waals surface area contributed by atoms with Gasteiger partial charge in [0.15, 0.2) is 5.69 Å². The lowest BCUT2D eigenvalue weighted by Gasteiger charge is -2.31. The van der Waals surface area contributed by atoms with Crippen molar-refractivity contribution < 1.29 is 19.8 Å². The van der Waals surface area contributed by atoms with E-state index in [0.29, 0.717) is 17.1 Å². The van der Waals surface area contributed by atoms with E-state index >= 15 is 0 Å². The number of hydrogen-bond donors (Lipinski definition) is 3. The first-order valence-corrected chi connectivity index (χ1v) is 7.73. The summed E-state index contributed by atoms with van der Waals surface area (Å²) in [7, 11) is 0. The highest BCUT2D eigenvalue weighted by Crippen LogP contribution is 2.30. The number of aromatic nitrogens is 2. The average molecular weight is 317 g/mol. The Morgan fingerprint density at radius 3 is 2.61 bits per heavy atom. The summed E-state index contributed by atoms with van der Waals surface area (Å²) >= 11 is 0. The fraction of sp³-hybridized carbons (Fsp3) is 0.438. The Morgan fingerprint density at radius 2 is 1.96 bits per heavy atom. The van der Waals surface area contributed by atoms with Crippen molar-refractivity contribution in [3.63, 3.8) is 0 Å². The Morgan fingerprint density at radius 1 is 1.22 bits per heavy atom. The molecule has 1 aliphatic carbocycles. The van der Waals surface area contributed by atoms with E-state index in [0.717, 1.165) is 19.3 Å². The van der Waals surface area contributed by atoms with Gasteiger partial charge in [-0.2, -0.15) is 5.10 Å². The van der Waals surface area contributed by atoms with Gasteiger partial charge in [-0.05, 0) is 30.9 Å². The number of carboxylic acid groups (broad SMARTS) is 2. The minimum absolute atomic E-state index is 0.0108. The van der Waals surface area contributed by atoms with Gasteiger partial charge in [-0.15, -0.1) is 0 Å². The number of carboxylic acids is 2. The van der Waals surface area contributed by atoms with Crippen LogP contribution >= 0.6 is 0 Å². The van der Waals surface area contributed by atoms with Crippen LogP contribution in [0.5, 0.6) is 0 Å². The van der Waals surface area contributed by atoms with Crippen molar-refractivity contribution in [2.24, 2.45) is 5.92 Å². The molecule has 0 bridgehead atoms. The fourth-order valence-corrected chi connectivity index (χ4v) is 3.25. The number of aromatic carboxylic acids is 2. The second-order valence-electron chi connectivity index (χ2n) is 6.07. The van der Waals surface area contributed by atoms with Crippen LogP contribution in [0.25, 0.3) is 5.52 Å². The highest BCUT2D eigenvalue weighted by molar-refractivity contribution is 5.99. The van der Waals surface area contributed by atoms with Crippen LogP contribution in [0.4, 0.5) is 5.69 Å². The van der Waals surface area contributed by atoms with E-state index < -0.39 is 11.9 Å². The highest BCUT2D eigenvalue weighted by Gasteiger charge is 2.25. The summed E-state index contributed by atoms with van der Waals surface area (Å²) in [5.41, 5.74) is 0.987. The molecule has 3 N–H and O–H groups in total. The first-order chi connectivity index (χ1) is 11.0. The lowest BCUT2D eigenvalue weighted by Crippen LogP contribution is -2.31. The van der Waals surface area contributed by atoms with E-state index in [-0.39, 0.29) is 17.3 Å². The molecule has 3 rings (SSSR count). The number of anilines is 1. The third kappa shape index (κ3) is 2.74. The van der Waals surface area contributed by atoms with Gasteiger partial charge in [0.1, 0.15) is 5.56 Å². The van der Waals surface area contributed by atoms with Crippen molar-refractivity contribution >= 4 is 23.1 Å². The van der Waals surface area contributed by atoms with Gasteiger partial charge >= 0.3 is 11.9 Å². The Balaban J connectivity index is 2.09. The molecule has 2 heterocycles. The van der Waals surface area contributed by atoms with Crippen molar-refractivity contribution in [3.8, 4) is 0 Å². The van der Waals surface area contributed by atoms with Crippen LogP contribution in [-0.2, 0) is 0 Å². The molecule has 7 nitrogen and oxygen atoms in total. The molecule has 0 radical (unpaired) electrons. The van der Waals surface area contributed by atoms with E-state index in [9.17, 15) is 19.8 Å². The first-order valence-electron chi connectivity index (χ1n) is 7.73. The van der Waals surface area contributed by atoms with Crippen LogP contribution in [0.15, 0.2) is 18.3 Å². The minimum Gasteiger partial charge on any atom is -0.478 e. The number of nitrogens with zero attached hydrogens (tertiary/aromatic N) is 2. The van der Waals surface area contributed by atoms with Crippen LogP contribution in [-0.4, -0.2) is 37.8 Å². The quantitative estimate of drug-likeness (QED) is 0.801. The van der Waals surface area contributed by atoms with Crippen LogP contribution in [0.1, 0.15) is 53.5 Å². The second-order valence-corrected chi connectivity index (χ2v) is 6.07. The molecular weight excluding hydrogens is 298 g/mol. The molecule has 122 valence electrons. The van der Waals surface area contributed by atoms with E-state index in [1.165, 1.54) is 23.2 Å². The number of hydrogen-bond acceptors (Lipinski definition) is 4. The van der Waals surface area contributed by atoms with Crippen molar-refractivity contribution in [3.05, 3.63) is 29.6 Å². The van der Waals surface area contributed by atoms with Crippen molar-refractivity contribution in [1.29, 1.82) is 0 Å². The fourth-order valence-electron chi connectivity index (χ4n) is 3.25. The molecule has 7 heteroatoms. The SMILES string of the molecule is CC1CCCCC1Nc1c(C(=O)O)cnn2c(C(=O)O)ccc12. The Kier molecular flexibility index (Phi) is 3.94. The molecule has 0 aliphatic heterocycles. The van der Waals surface area contributed by atoms with Gasteiger partial charge in [0.25, 0.3) is 0 Å². The zero-order chi connectivity index (χ0) is 16.6. The first kappa shape index (κ1) is 15.3.